The molecule has 0 amide bonds. The van der Waals surface area contributed by atoms with Crippen molar-refractivity contribution in [1.82, 2.24) is 9.13 Å². The van der Waals surface area contributed by atoms with Gasteiger partial charge in [-0.1, -0.05) is 85.8 Å². The van der Waals surface area contributed by atoms with Gasteiger partial charge in [0, 0.05) is 33.1 Å². The van der Waals surface area contributed by atoms with Crippen LogP contribution in [-0.2, 0) is 6.42 Å². The van der Waals surface area contributed by atoms with Crippen LogP contribution in [-0.4, -0.2) is 9.13 Å². The molecular weight excluding hydrogens is 623 g/mol. The van der Waals surface area contributed by atoms with Gasteiger partial charge in [0.05, 0.1) is 57.1 Å². The van der Waals surface area contributed by atoms with E-state index in [1.165, 1.54) is 10.9 Å². The van der Waals surface area contributed by atoms with E-state index >= 15 is 0 Å². The lowest BCUT2D eigenvalue weighted by molar-refractivity contribution is 0.718. The molecule has 1 unspecified atom stereocenters. The molecule has 8 aromatic rings. The van der Waals surface area contributed by atoms with Crippen LogP contribution in [0.5, 0.6) is 0 Å². The molecule has 51 heavy (non-hydrogen) atoms. The first kappa shape index (κ1) is 30.0. The smallest absolute Gasteiger partial charge is 0.0999 e. The van der Waals surface area contributed by atoms with Crippen molar-refractivity contribution < 1.29 is 0 Å². The number of allylic oxidation sites excluding steroid dienone is 1. The summed E-state index contributed by atoms with van der Waals surface area (Å²) in [7, 11) is 0. The Bertz CT molecular complexity index is 2860. The van der Waals surface area contributed by atoms with Crippen LogP contribution in [0.25, 0.3) is 72.4 Å². The molecule has 1 atom stereocenters. The zero-order valence-corrected chi connectivity index (χ0v) is 27.8. The summed E-state index contributed by atoms with van der Waals surface area (Å²) in [6, 6.07) is 50.0. The van der Waals surface area contributed by atoms with Crippen molar-refractivity contribution in [3.63, 3.8) is 0 Å². The molecule has 2 heterocycles. The summed E-state index contributed by atoms with van der Waals surface area (Å²) < 4.78 is 4.47. The summed E-state index contributed by atoms with van der Waals surface area (Å²) >= 11 is 0. The first-order valence-corrected chi connectivity index (χ1v) is 17.0. The van der Waals surface area contributed by atoms with E-state index in [1.54, 1.807) is 6.07 Å². The third kappa shape index (κ3) is 4.74. The maximum absolute atomic E-state index is 10.4. The molecule has 0 spiro atoms. The highest BCUT2D eigenvalue weighted by molar-refractivity contribution is 6.09. The number of nitriles is 3. The number of hydrogen-bond donors (Lipinski definition) is 0. The fourth-order valence-electron chi connectivity index (χ4n) is 7.83. The van der Waals surface area contributed by atoms with Crippen molar-refractivity contribution in [2.75, 3.05) is 0 Å². The number of fused-ring (bicyclic) bond motifs is 6. The number of aromatic nitrogens is 2. The molecule has 5 nitrogen and oxygen atoms in total. The Balaban J connectivity index is 1.14. The second kappa shape index (κ2) is 11.8. The number of rotatable bonds is 4. The third-order valence-electron chi connectivity index (χ3n) is 10.2. The minimum Gasteiger partial charge on any atom is -0.309 e. The van der Waals surface area contributed by atoms with E-state index in [9.17, 15) is 15.8 Å². The van der Waals surface area contributed by atoms with Gasteiger partial charge >= 0.3 is 0 Å². The van der Waals surface area contributed by atoms with Gasteiger partial charge < -0.3 is 9.13 Å². The van der Waals surface area contributed by atoms with Crippen molar-refractivity contribution >= 4 is 38.8 Å². The minimum atomic E-state index is 0.428. The van der Waals surface area contributed by atoms with Crippen molar-refractivity contribution in [3.8, 4) is 51.8 Å². The first-order chi connectivity index (χ1) is 25.1. The van der Waals surface area contributed by atoms with Gasteiger partial charge in [0.15, 0.2) is 0 Å². The Hall–Kier alpha value is -7.13. The largest absolute Gasteiger partial charge is 0.309 e. The summed E-state index contributed by atoms with van der Waals surface area (Å²) in [5, 5.41) is 33.3. The van der Waals surface area contributed by atoms with Crippen LogP contribution in [0, 0.1) is 39.9 Å². The molecule has 9 rings (SSSR count). The molecule has 0 saturated heterocycles. The molecule has 0 radical (unpaired) electrons. The van der Waals surface area contributed by atoms with Gasteiger partial charge in [-0.15, -0.1) is 0 Å². The maximum Gasteiger partial charge on any atom is 0.0999 e. The van der Waals surface area contributed by atoms with Crippen molar-refractivity contribution in [2.24, 2.45) is 5.92 Å². The Labute approximate surface area is 295 Å². The quantitative estimate of drug-likeness (QED) is 0.190. The van der Waals surface area contributed by atoms with Crippen LogP contribution >= 0.6 is 0 Å². The molecule has 238 valence electrons. The summed E-state index contributed by atoms with van der Waals surface area (Å²) in [5.74, 6) is 0.428. The average Bonchev–Trinajstić information content (AvgIpc) is 3.69. The predicted octanol–water partition coefficient (Wildman–Crippen LogP) is 10.9. The number of para-hydroxylation sites is 2. The SMILES string of the molecule is CC1C=Cc2c(c3ccccc3n2-c2cc(C#N)cc(C#N)c2-c2ccc(-c3ccc(-n4c5ccccc5c5cc(C#N)ccc54)cc3)cc2)C1. The Morgan fingerprint density at radius 1 is 0.569 bits per heavy atom. The van der Waals surface area contributed by atoms with E-state index in [4.69, 9.17) is 0 Å². The van der Waals surface area contributed by atoms with Gasteiger partial charge in [0.25, 0.3) is 0 Å². The lowest BCUT2D eigenvalue weighted by atomic mass is 9.92. The Morgan fingerprint density at radius 3 is 1.90 bits per heavy atom. The highest BCUT2D eigenvalue weighted by atomic mass is 15.0. The van der Waals surface area contributed by atoms with Crippen molar-refractivity contribution in [2.45, 2.75) is 13.3 Å². The molecule has 1 aliphatic carbocycles. The minimum absolute atomic E-state index is 0.428. The molecule has 2 aromatic heterocycles. The number of hydrogen-bond acceptors (Lipinski definition) is 3. The molecule has 0 aliphatic heterocycles. The van der Waals surface area contributed by atoms with Crippen LogP contribution in [0.15, 0.2) is 133 Å². The maximum atomic E-state index is 10.4. The average molecular weight is 652 g/mol. The lowest BCUT2D eigenvalue weighted by Crippen LogP contribution is -2.07. The van der Waals surface area contributed by atoms with Crippen molar-refractivity contribution in [1.29, 1.82) is 15.8 Å². The fourth-order valence-corrected chi connectivity index (χ4v) is 7.83. The van der Waals surface area contributed by atoms with Gasteiger partial charge in [-0.25, -0.2) is 0 Å². The second-order valence-corrected chi connectivity index (χ2v) is 13.2. The summed E-state index contributed by atoms with van der Waals surface area (Å²) in [5.41, 5.74) is 12.9. The van der Waals surface area contributed by atoms with E-state index in [0.29, 0.717) is 22.6 Å². The topological polar surface area (TPSA) is 81.2 Å². The highest BCUT2D eigenvalue weighted by Crippen LogP contribution is 2.41. The molecule has 0 bridgehead atoms. The first-order valence-electron chi connectivity index (χ1n) is 17.0. The lowest BCUT2D eigenvalue weighted by Gasteiger charge is -2.19. The van der Waals surface area contributed by atoms with Crippen molar-refractivity contribution in [3.05, 3.63) is 161 Å². The Kier molecular flexibility index (Phi) is 6.92. The van der Waals surface area contributed by atoms with Crippen LogP contribution < -0.4 is 0 Å². The van der Waals surface area contributed by atoms with Crippen LogP contribution in [0.1, 0.15) is 34.9 Å². The van der Waals surface area contributed by atoms with Crippen LogP contribution in [0.4, 0.5) is 0 Å². The van der Waals surface area contributed by atoms with E-state index in [-0.39, 0.29) is 0 Å². The molecule has 0 N–H and O–H groups in total. The van der Waals surface area contributed by atoms with E-state index in [0.717, 1.165) is 73.1 Å². The third-order valence-corrected chi connectivity index (χ3v) is 10.2. The molecule has 0 saturated carbocycles. The van der Waals surface area contributed by atoms with E-state index < -0.39 is 0 Å². The summed E-state index contributed by atoms with van der Waals surface area (Å²) in [4.78, 5) is 0. The number of benzene rings is 6. The predicted molar refractivity (Wildman–Crippen MR) is 205 cm³/mol. The standard InChI is InChI=1S/C46H29N5/c1-29-10-20-44-39(22-29)37-6-3-5-9-42(37)51(44)45-25-31(27-48)23-35(28-49)46(45)34-14-12-32(13-15-34)33-16-18-36(19-17-33)50-41-8-4-2-7-38(41)40-24-30(26-47)11-21-43(40)50/h2-21,23-25,29H,22H2,1H3. The molecule has 6 aromatic carbocycles. The van der Waals surface area contributed by atoms with Crippen LogP contribution in [0.3, 0.4) is 0 Å². The normalized spacial score (nSPS) is 13.6. The van der Waals surface area contributed by atoms with Gasteiger partial charge in [-0.2, -0.15) is 15.8 Å². The van der Waals surface area contributed by atoms with Gasteiger partial charge in [-0.05, 0) is 95.3 Å². The molecule has 5 heteroatoms. The van der Waals surface area contributed by atoms with E-state index in [1.807, 2.05) is 42.5 Å². The highest BCUT2D eigenvalue weighted by Gasteiger charge is 2.24. The second-order valence-electron chi connectivity index (χ2n) is 13.2. The van der Waals surface area contributed by atoms with Gasteiger partial charge in [0.1, 0.15) is 0 Å². The Morgan fingerprint density at radius 2 is 1.20 bits per heavy atom. The summed E-state index contributed by atoms with van der Waals surface area (Å²) in [6.45, 7) is 2.23. The summed E-state index contributed by atoms with van der Waals surface area (Å²) in [6.07, 6.45) is 5.36. The van der Waals surface area contributed by atoms with Gasteiger partial charge in [0.2, 0.25) is 0 Å². The van der Waals surface area contributed by atoms with Crippen LogP contribution in [0.2, 0.25) is 0 Å². The fraction of sp³-hybridized carbons (Fsp3) is 0.0652. The number of nitrogens with zero attached hydrogens (tertiary/aromatic N) is 5. The monoisotopic (exact) mass is 651 g/mol. The molecule has 1 aliphatic rings. The van der Waals surface area contributed by atoms with Gasteiger partial charge in [-0.3, -0.25) is 0 Å². The molecule has 0 fully saturated rings. The molecular formula is C46H29N5. The zero-order chi connectivity index (χ0) is 34.6. The zero-order valence-electron chi connectivity index (χ0n) is 27.8. The van der Waals surface area contributed by atoms with E-state index in [2.05, 4.69) is 125 Å².